The van der Waals surface area contributed by atoms with Gasteiger partial charge in [-0.25, -0.2) is 9.97 Å². The Morgan fingerprint density at radius 3 is 1.79 bits per heavy atom. The van der Waals surface area contributed by atoms with E-state index in [1.807, 2.05) is 12.4 Å². The Bertz CT molecular complexity index is 3790. The van der Waals surface area contributed by atoms with Crippen LogP contribution in [0.25, 0.3) is 110 Å². The van der Waals surface area contributed by atoms with E-state index in [0.29, 0.717) is 5.95 Å². The molecule has 61 heavy (non-hydrogen) atoms. The quantitative estimate of drug-likeness (QED) is 0.179. The van der Waals surface area contributed by atoms with Crippen LogP contribution in [0.3, 0.4) is 0 Å². The Balaban J connectivity index is 1.02. The van der Waals surface area contributed by atoms with Crippen molar-refractivity contribution in [2.45, 2.75) is 19.3 Å². The summed E-state index contributed by atoms with van der Waals surface area (Å²) >= 11 is 0. The zero-order chi connectivity index (χ0) is 40.4. The molecule has 0 aliphatic heterocycles. The highest BCUT2D eigenvalue weighted by molar-refractivity contribution is 6.13. The highest BCUT2D eigenvalue weighted by Gasteiger charge is 2.35. The molecule has 0 atom stereocenters. The van der Waals surface area contributed by atoms with Crippen LogP contribution in [-0.2, 0) is 5.41 Å². The molecule has 0 bridgehead atoms. The lowest BCUT2D eigenvalue weighted by Crippen LogP contribution is -2.24. The van der Waals surface area contributed by atoms with E-state index in [4.69, 9.17) is 9.97 Å². The third-order valence-electron chi connectivity index (χ3n) is 13.2. The molecule has 0 N–H and O–H groups in total. The van der Waals surface area contributed by atoms with E-state index in [0.717, 1.165) is 82.8 Å². The number of benzene rings is 8. The lowest BCUT2D eigenvalue weighted by atomic mass is 9.69. The molecule has 8 aromatic carbocycles. The second-order valence-corrected chi connectivity index (χ2v) is 16.9. The summed E-state index contributed by atoms with van der Waals surface area (Å²) in [6.07, 6.45) is 3.93. The van der Waals surface area contributed by atoms with E-state index < -0.39 is 0 Å². The molecule has 0 amide bonds. The van der Waals surface area contributed by atoms with Gasteiger partial charge in [0.1, 0.15) is 0 Å². The molecule has 12 aromatic rings. The van der Waals surface area contributed by atoms with Crippen LogP contribution in [0.15, 0.2) is 188 Å². The SMILES string of the molecule is CC1(C)c2ccccc2-c2nc(-n3c4ccccc4c4cc(-c5ccc6c(c5)c5ccccc5n6-c5cncc6ccccc56)ccc43)nc3cc(-c4ccccc4)cc1c23. The van der Waals surface area contributed by atoms with Crippen LogP contribution in [0.5, 0.6) is 0 Å². The fourth-order valence-corrected chi connectivity index (χ4v) is 10.3. The van der Waals surface area contributed by atoms with Crippen molar-refractivity contribution in [1.29, 1.82) is 0 Å². The third kappa shape index (κ3) is 4.86. The van der Waals surface area contributed by atoms with Crippen molar-refractivity contribution in [3.63, 3.8) is 0 Å². The fourth-order valence-electron chi connectivity index (χ4n) is 10.3. The van der Waals surface area contributed by atoms with Gasteiger partial charge in [-0.05, 0) is 81.9 Å². The molecule has 0 spiro atoms. The van der Waals surface area contributed by atoms with Gasteiger partial charge < -0.3 is 4.57 Å². The van der Waals surface area contributed by atoms with Crippen molar-refractivity contribution in [3.05, 3.63) is 199 Å². The monoisotopic (exact) mass is 779 g/mol. The molecular weight excluding hydrogens is 743 g/mol. The van der Waals surface area contributed by atoms with Gasteiger partial charge in [0.05, 0.1) is 45.2 Å². The first-order chi connectivity index (χ1) is 30.0. The fraction of sp³-hybridized carbons (Fsp3) is 0.0536. The number of hydrogen-bond donors (Lipinski definition) is 0. The topological polar surface area (TPSA) is 48.5 Å². The predicted molar refractivity (Wildman–Crippen MR) is 252 cm³/mol. The first-order valence-electron chi connectivity index (χ1n) is 20.9. The number of fused-ring (bicyclic) bond motifs is 9. The van der Waals surface area contributed by atoms with Gasteiger partial charge in [-0.15, -0.1) is 0 Å². The molecular formula is C56H37N5. The smallest absolute Gasteiger partial charge is 0.235 e. The molecule has 4 aromatic heterocycles. The van der Waals surface area contributed by atoms with Gasteiger partial charge in [0.25, 0.3) is 0 Å². The molecule has 13 rings (SSSR count). The lowest BCUT2D eigenvalue weighted by Gasteiger charge is -2.35. The third-order valence-corrected chi connectivity index (χ3v) is 13.2. The largest absolute Gasteiger partial charge is 0.307 e. The summed E-state index contributed by atoms with van der Waals surface area (Å²) in [6.45, 7) is 4.66. The average molecular weight is 780 g/mol. The van der Waals surface area contributed by atoms with E-state index in [2.05, 4.69) is 204 Å². The maximum absolute atomic E-state index is 5.52. The molecule has 0 unspecified atom stereocenters. The van der Waals surface area contributed by atoms with Gasteiger partial charge in [0, 0.05) is 54.9 Å². The number of aromatic nitrogens is 5. The van der Waals surface area contributed by atoms with E-state index in [-0.39, 0.29) is 5.41 Å². The number of pyridine rings is 1. The number of para-hydroxylation sites is 2. The lowest BCUT2D eigenvalue weighted by molar-refractivity contribution is 0.644. The summed E-state index contributed by atoms with van der Waals surface area (Å²) in [4.78, 5) is 15.7. The van der Waals surface area contributed by atoms with Crippen LogP contribution in [0.1, 0.15) is 25.0 Å². The van der Waals surface area contributed by atoms with Gasteiger partial charge >= 0.3 is 0 Å². The standard InChI is InChI=1S/C56H37N5/c1-56(2)45-21-11-8-20-42(45)54-53-46(56)30-38(34-14-4-3-5-15-34)31-47(53)58-55(59-54)61-49-23-13-10-19-41(49)44-29-36(25-27-51(44)61)35-24-26-50-43(28-35)40-18-9-12-22-48(40)60(50)52-33-57-32-37-16-6-7-17-39(37)52/h3-33H,1-2H3. The number of rotatable bonds is 4. The molecule has 5 nitrogen and oxygen atoms in total. The average Bonchev–Trinajstić information content (AvgIpc) is 3.82. The second kappa shape index (κ2) is 12.6. The molecule has 1 aliphatic carbocycles. The summed E-state index contributed by atoms with van der Waals surface area (Å²) < 4.78 is 4.62. The van der Waals surface area contributed by atoms with E-state index >= 15 is 0 Å². The Kier molecular flexibility index (Phi) is 7.00. The van der Waals surface area contributed by atoms with Crippen molar-refractivity contribution < 1.29 is 0 Å². The van der Waals surface area contributed by atoms with Crippen LogP contribution in [-0.4, -0.2) is 24.1 Å². The summed E-state index contributed by atoms with van der Waals surface area (Å²) in [5, 5.41) is 8.18. The summed E-state index contributed by atoms with van der Waals surface area (Å²) in [5.74, 6) is 0.671. The maximum Gasteiger partial charge on any atom is 0.235 e. The van der Waals surface area contributed by atoms with Crippen molar-refractivity contribution in [2.24, 2.45) is 0 Å². The van der Waals surface area contributed by atoms with Gasteiger partial charge in [-0.3, -0.25) is 9.55 Å². The van der Waals surface area contributed by atoms with Gasteiger partial charge in [-0.2, -0.15) is 0 Å². The van der Waals surface area contributed by atoms with Crippen LogP contribution < -0.4 is 0 Å². The van der Waals surface area contributed by atoms with Crippen LogP contribution >= 0.6 is 0 Å². The first kappa shape index (κ1) is 34.0. The minimum atomic E-state index is -0.230. The molecule has 1 aliphatic rings. The molecule has 5 heteroatoms. The molecule has 286 valence electrons. The van der Waals surface area contributed by atoms with Crippen LogP contribution in [0, 0.1) is 0 Å². The van der Waals surface area contributed by atoms with E-state index in [9.17, 15) is 0 Å². The van der Waals surface area contributed by atoms with E-state index in [1.165, 1.54) is 32.8 Å². The summed E-state index contributed by atoms with van der Waals surface area (Å²) in [7, 11) is 0. The van der Waals surface area contributed by atoms with Gasteiger partial charge in [0.2, 0.25) is 5.95 Å². The molecule has 0 saturated carbocycles. The molecule has 4 heterocycles. The number of nitrogens with zero attached hydrogens (tertiary/aromatic N) is 5. The van der Waals surface area contributed by atoms with Crippen LogP contribution in [0.2, 0.25) is 0 Å². The number of hydrogen-bond acceptors (Lipinski definition) is 3. The molecule has 0 saturated heterocycles. The predicted octanol–water partition coefficient (Wildman–Crippen LogP) is 14.0. The Hall–Kier alpha value is -7.89. The molecule has 0 radical (unpaired) electrons. The summed E-state index contributed by atoms with van der Waals surface area (Å²) in [5.41, 5.74) is 15.6. The second-order valence-electron chi connectivity index (χ2n) is 16.9. The molecule has 0 fully saturated rings. The van der Waals surface area contributed by atoms with Crippen molar-refractivity contribution in [2.75, 3.05) is 0 Å². The Morgan fingerprint density at radius 2 is 1.03 bits per heavy atom. The Labute approximate surface area is 351 Å². The van der Waals surface area contributed by atoms with E-state index in [1.54, 1.807) is 0 Å². The zero-order valence-corrected chi connectivity index (χ0v) is 33.6. The highest BCUT2D eigenvalue weighted by atomic mass is 15.2. The minimum absolute atomic E-state index is 0.230. The first-order valence-corrected chi connectivity index (χ1v) is 20.9. The Morgan fingerprint density at radius 1 is 0.426 bits per heavy atom. The minimum Gasteiger partial charge on any atom is -0.307 e. The zero-order valence-electron chi connectivity index (χ0n) is 33.6. The van der Waals surface area contributed by atoms with Gasteiger partial charge in [0.15, 0.2) is 0 Å². The van der Waals surface area contributed by atoms with Crippen molar-refractivity contribution >= 4 is 65.3 Å². The van der Waals surface area contributed by atoms with Gasteiger partial charge in [-0.1, -0.05) is 141 Å². The summed E-state index contributed by atoms with van der Waals surface area (Å²) in [6, 6.07) is 63.6. The normalized spacial score (nSPS) is 13.2. The van der Waals surface area contributed by atoms with Crippen LogP contribution in [0.4, 0.5) is 0 Å². The van der Waals surface area contributed by atoms with Crippen molar-refractivity contribution in [3.8, 4) is 45.1 Å². The highest BCUT2D eigenvalue weighted by Crippen LogP contribution is 2.49. The maximum atomic E-state index is 5.52. The van der Waals surface area contributed by atoms with Crippen molar-refractivity contribution in [1.82, 2.24) is 24.1 Å².